The molecule has 1 N–H and O–H groups in total. The van der Waals surface area contributed by atoms with Crippen LogP contribution in [0.3, 0.4) is 0 Å². The third kappa shape index (κ3) is 4.30. The van der Waals surface area contributed by atoms with Gasteiger partial charge in [-0.15, -0.1) is 11.3 Å². The van der Waals surface area contributed by atoms with E-state index in [4.69, 9.17) is 0 Å². The first-order valence-electron chi connectivity index (χ1n) is 7.21. The molecule has 0 aromatic carbocycles. The van der Waals surface area contributed by atoms with Crippen LogP contribution in [0.15, 0.2) is 17.5 Å². The van der Waals surface area contributed by atoms with Crippen LogP contribution < -0.4 is 0 Å². The van der Waals surface area contributed by atoms with Gasteiger partial charge >= 0.3 is 0 Å². The first kappa shape index (κ1) is 15.5. The highest BCUT2D eigenvalue weighted by molar-refractivity contribution is 7.09. The maximum absolute atomic E-state index is 12.3. The molecule has 112 valence electrons. The van der Waals surface area contributed by atoms with Crippen LogP contribution in [-0.4, -0.2) is 60.1 Å². The van der Waals surface area contributed by atoms with Gasteiger partial charge in [0.25, 0.3) is 0 Å². The minimum absolute atomic E-state index is 0.161. The lowest BCUT2D eigenvalue weighted by atomic mass is 10.1. The normalized spacial score (nSPS) is 22.7. The van der Waals surface area contributed by atoms with Crippen LogP contribution in [0.5, 0.6) is 0 Å². The van der Waals surface area contributed by atoms with E-state index in [9.17, 15) is 9.90 Å². The van der Waals surface area contributed by atoms with E-state index in [1.807, 2.05) is 25.1 Å². The molecule has 2 rings (SSSR count). The Labute approximate surface area is 125 Å². The fourth-order valence-corrected chi connectivity index (χ4v) is 3.56. The number of aliphatic hydroxyl groups is 1. The molecule has 1 aliphatic rings. The zero-order valence-corrected chi connectivity index (χ0v) is 13.1. The first-order chi connectivity index (χ1) is 9.56. The summed E-state index contributed by atoms with van der Waals surface area (Å²) in [7, 11) is 4.01. The van der Waals surface area contributed by atoms with Crippen molar-refractivity contribution in [3.8, 4) is 0 Å². The Hall–Kier alpha value is -0.910. The number of hydrogen-bond acceptors (Lipinski definition) is 4. The number of β-amino-alcohol motifs (C(OH)–C–C–N with tert-alkyl or cyclic N) is 1. The second kappa shape index (κ2) is 7.20. The van der Waals surface area contributed by atoms with Crippen molar-refractivity contribution >= 4 is 17.2 Å². The fourth-order valence-electron chi connectivity index (χ4n) is 2.80. The van der Waals surface area contributed by atoms with Crippen molar-refractivity contribution in [2.75, 3.05) is 27.2 Å². The van der Waals surface area contributed by atoms with Gasteiger partial charge in [0, 0.05) is 30.4 Å². The van der Waals surface area contributed by atoms with Gasteiger partial charge in [-0.1, -0.05) is 6.07 Å². The molecule has 20 heavy (non-hydrogen) atoms. The lowest BCUT2D eigenvalue weighted by Gasteiger charge is -2.26. The van der Waals surface area contributed by atoms with Crippen molar-refractivity contribution in [2.45, 2.75) is 37.8 Å². The Kier molecular flexibility index (Phi) is 5.57. The maximum atomic E-state index is 12.3. The smallest absolute Gasteiger partial charge is 0.222 e. The Morgan fingerprint density at radius 2 is 2.35 bits per heavy atom. The van der Waals surface area contributed by atoms with E-state index in [2.05, 4.69) is 16.3 Å². The van der Waals surface area contributed by atoms with Gasteiger partial charge in [-0.2, -0.15) is 0 Å². The third-order valence-corrected chi connectivity index (χ3v) is 4.62. The van der Waals surface area contributed by atoms with E-state index in [1.165, 1.54) is 4.88 Å². The molecule has 2 unspecified atom stereocenters. The molecule has 5 heteroatoms. The summed E-state index contributed by atoms with van der Waals surface area (Å²) in [5.41, 5.74) is 0. The zero-order chi connectivity index (χ0) is 14.5. The van der Waals surface area contributed by atoms with Gasteiger partial charge in [0.2, 0.25) is 5.91 Å². The molecule has 0 spiro atoms. The van der Waals surface area contributed by atoms with E-state index in [0.717, 1.165) is 19.4 Å². The second-order valence-corrected chi connectivity index (χ2v) is 6.82. The lowest BCUT2D eigenvalue weighted by Crippen LogP contribution is -2.41. The molecule has 0 saturated carbocycles. The molecule has 2 atom stereocenters. The summed E-state index contributed by atoms with van der Waals surface area (Å²) in [5.74, 6) is 0.185. The van der Waals surface area contributed by atoms with E-state index >= 15 is 0 Å². The third-order valence-electron chi connectivity index (χ3n) is 3.68. The summed E-state index contributed by atoms with van der Waals surface area (Å²) in [6.07, 6.45) is 2.78. The highest BCUT2D eigenvalue weighted by atomic mass is 32.1. The number of thiophene rings is 1. The predicted molar refractivity (Wildman–Crippen MR) is 81.9 cm³/mol. The Bertz CT molecular complexity index is 420. The minimum atomic E-state index is -0.360. The summed E-state index contributed by atoms with van der Waals surface area (Å²) >= 11 is 1.74. The minimum Gasteiger partial charge on any atom is -0.391 e. The van der Waals surface area contributed by atoms with E-state index in [0.29, 0.717) is 19.4 Å². The van der Waals surface area contributed by atoms with Gasteiger partial charge in [0.1, 0.15) is 0 Å². The van der Waals surface area contributed by atoms with Crippen molar-refractivity contribution in [1.82, 2.24) is 9.80 Å². The van der Waals surface area contributed by atoms with Crippen molar-refractivity contribution in [3.63, 3.8) is 0 Å². The maximum Gasteiger partial charge on any atom is 0.222 e. The molecule has 4 nitrogen and oxygen atoms in total. The van der Waals surface area contributed by atoms with Gasteiger partial charge in [-0.3, -0.25) is 4.79 Å². The number of hydrogen-bond donors (Lipinski definition) is 1. The first-order valence-corrected chi connectivity index (χ1v) is 8.09. The Morgan fingerprint density at radius 1 is 1.55 bits per heavy atom. The monoisotopic (exact) mass is 296 g/mol. The lowest BCUT2D eigenvalue weighted by molar-refractivity contribution is -0.132. The quantitative estimate of drug-likeness (QED) is 0.867. The van der Waals surface area contributed by atoms with Crippen molar-refractivity contribution in [3.05, 3.63) is 22.4 Å². The van der Waals surface area contributed by atoms with Crippen LogP contribution in [0.4, 0.5) is 0 Å². The molecule has 2 heterocycles. The van der Waals surface area contributed by atoms with Gasteiger partial charge in [0.15, 0.2) is 0 Å². The van der Waals surface area contributed by atoms with Crippen molar-refractivity contribution in [2.24, 2.45) is 0 Å². The number of carbonyl (C=O) groups excluding carboxylic acids is 1. The number of aliphatic hydroxyl groups excluding tert-OH is 1. The van der Waals surface area contributed by atoms with E-state index in [-0.39, 0.29) is 18.1 Å². The van der Waals surface area contributed by atoms with Crippen LogP contribution in [-0.2, 0) is 11.2 Å². The Balaban J connectivity index is 1.80. The molecule has 1 aliphatic heterocycles. The number of likely N-dealkylation sites (N-methyl/N-ethyl adjacent to an activating group) is 1. The Morgan fingerprint density at radius 3 is 3.00 bits per heavy atom. The van der Waals surface area contributed by atoms with Crippen LogP contribution in [0.2, 0.25) is 0 Å². The van der Waals surface area contributed by atoms with Crippen LogP contribution in [0.1, 0.15) is 24.1 Å². The van der Waals surface area contributed by atoms with E-state index < -0.39 is 0 Å². The number of likely N-dealkylation sites (tertiary alicyclic amines) is 1. The largest absolute Gasteiger partial charge is 0.391 e. The molecule has 1 aromatic rings. The summed E-state index contributed by atoms with van der Waals surface area (Å²) in [5, 5.41) is 11.9. The molecule has 1 amide bonds. The van der Waals surface area contributed by atoms with Crippen molar-refractivity contribution in [1.29, 1.82) is 0 Å². The molecule has 0 aliphatic carbocycles. The topological polar surface area (TPSA) is 43.8 Å². The van der Waals surface area contributed by atoms with Gasteiger partial charge < -0.3 is 14.9 Å². The van der Waals surface area contributed by atoms with Gasteiger partial charge in [0.05, 0.1) is 6.10 Å². The number of carbonyl (C=O) groups is 1. The predicted octanol–water partition coefficient (Wildman–Crippen LogP) is 1.59. The number of nitrogens with zero attached hydrogens (tertiary/aromatic N) is 2. The summed E-state index contributed by atoms with van der Waals surface area (Å²) in [4.78, 5) is 17.6. The zero-order valence-electron chi connectivity index (χ0n) is 12.3. The average Bonchev–Trinajstić information content (AvgIpc) is 2.98. The SMILES string of the molecule is CN(C)CC1CC(O)CN1C(=O)CCCc1cccs1. The number of amides is 1. The molecule has 1 saturated heterocycles. The summed E-state index contributed by atoms with van der Waals surface area (Å²) in [6.45, 7) is 1.32. The summed E-state index contributed by atoms with van der Waals surface area (Å²) in [6, 6.07) is 4.32. The molecular formula is C15H24N2O2S. The van der Waals surface area contributed by atoms with Crippen molar-refractivity contribution < 1.29 is 9.90 Å². The number of aryl methyl sites for hydroxylation is 1. The highest BCUT2D eigenvalue weighted by Gasteiger charge is 2.33. The van der Waals surface area contributed by atoms with Crippen LogP contribution >= 0.6 is 11.3 Å². The number of rotatable bonds is 6. The average molecular weight is 296 g/mol. The van der Waals surface area contributed by atoms with Crippen LogP contribution in [0.25, 0.3) is 0 Å². The molecule has 0 bridgehead atoms. The van der Waals surface area contributed by atoms with Crippen LogP contribution in [0, 0.1) is 0 Å². The molecular weight excluding hydrogens is 272 g/mol. The summed E-state index contributed by atoms with van der Waals surface area (Å²) < 4.78 is 0. The molecule has 0 radical (unpaired) electrons. The van der Waals surface area contributed by atoms with E-state index in [1.54, 1.807) is 11.3 Å². The standard InChI is InChI=1S/C15H24N2O2S/c1-16(2)10-12-9-13(18)11-17(12)15(19)7-3-5-14-6-4-8-20-14/h4,6,8,12-13,18H,3,5,7,9-11H2,1-2H3. The highest BCUT2D eigenvalue weighted by Crippen LogP contribution is 2.20. The van der Waals surface area contributed by atoms with Gasteiger partial charge in [-0.05, 0) is 44.8 Å². The fraction of sp³-hybridized carbons (Fsp3) is 0.667. The second-order valence-electron chi connectivity index (χ2n) is 5.78. The van der Waals surface area contributed by atoms with Gasteiger partial charge in [-0.25, -0.2) is 0 Å². The molecule has 1 fully saturated rings. The molecule has 1 aromatic heterocycles.